The van der Waals surface area contributed by atoms with Crippen molar-refractivity contribution in [1.29, 1.82) is 0 Å². The highest BCUT2D eigenvalue weighted by molar-refractivity contribution is 5.98. The number of hydrogen-bond donors (Lipinski definition) is 1. The van der Waals surface area contributed by atoms with Crippen molar-refractivity contribution in [2.75, 3.05) is 38.6 Å². The van der Waals surface area contributed by atoms with E-state index in [2.05, 4.69) is 10.3 Å². The number of amides is 2. The molecule has 1 atom stereocenters. The van der Waals surface area contributed by atoms with Crippen molar-refractivity contribution in [3.63, 3.8) is 0 Å². The van der Waals surface area contributed by atoms with Crippen LogP contribution in [-0.4, -0.2) is 66.1 Å². The van der Waals surface area contributed by atoms with Crippen LogP contribution in [0.3, 0.4) is 0 Å². The lowest BCUT2D eigenvalue weighted by atomic mass is 10.1. The number of ether oxygens (including phenoxy) is 1. The van der Waals surface area contributed by atoms with Gasteiger partial charge in [-0.1, -0.05) is 0 Å². The van der Waals surface area contributed by atoms with Crippen molar-refractivity contribution in [2.45, 2.75) is 6.04 Å². The van der Waals surface area contributed by atoms with Crippen molar-refractivity contribution in [2.24, 2.45) is 0 Å². The average molecular weight is 276 g/mol. The first-order chi connectivity index (χ1) is 9.70. The standard InChI is InChI=1S/C13H16N4O3/c1-14-11-10(3-2-4-15-11)12(18)16-5-6-17-9(7-16)8-20-13(17)19/h2-4,9H,5-8H2,1H3,(H,14,15)/t9-/m0/s1. The first-order valence-corrected chi connectivity index (χ1v) is 6.56. The minimum Gasteiger partial charge on any atom is -0.447 e. The van der Waals surface area contributed by atoms with Gasteiger partial charge in [-0.15, -0.1) is 0 Å². The predicted molar refractivity (Wildman–Crippen MR) is 71.5 cm³/mol. The molecule has 3 heterocycles. The van der Waals surface area contributed by atoms with Gasteiger partial charge in [-0.3, -0.25) is 9.69 Å². The van der Waals surface area contributed by atoms with E-state index >= 15 is 0 Å². The molecule has 0 bridgehead atoms. The molecule has 3 rings (SSSR count). The number of rotatable bonds is 2. The van der Waals surface area contributed by atoms with Gasteiger partial charge in [0.2, 0.25) is 0 Å². The zero-order valence-electron chi connectivity index (χ0n) is 11.2. The number of nitrogens with one attached hydrogen (secondary N) is 1. The van der Waals surface area contributed by atoms with E-state index in [0.29, 0.717) is 37.6 Å². The maximum Gasteiger partial charge on any atom is 0.410 e. The second-order valence-corrected chi connectivity index (χ2v) is 4.82. The molecule has 1 N–H and O–H groups in total. The van der Waals surface area contributed by atoms with E-state index in [9.17, 15) is 9.59 Å². The molecule has 106 valence electrons. The van der Waals surface area contributed by atoms with Crippen molar-refractivity contribution < 1.29 is 14.3 Å². The molecule has 2 amide bonds. The van der Waals surface area contributed by atoms with E-state index < -0.39 is 0 Å². The van der Waals surface area contributed by atoms with Gasteiger partial charge in [-0.25, -0.2) is 9.78 Å². The summed E-state index contributed by atoms with van der Waals surface area (Å²) in [4.78, 5) is 31.6. The van der Waals surface area contributed by atoms with Crippen LogP contribution in [0.2, 0.25) is 0 Å². The Morgan fingerprint density at radius 1 is 1.50 bits per heavy atom. The Labute approximate surface area is 116 Å². The minimum atomic E-state index is -0.278. The van der Waals surface area contributed by atoms with Crippen molar-refractivity contribution in [3.8, 4) is 0 Å². The number of anilines is 1. The van der Waals surface area contributed by atoms with Crippen LogP contribution >= 0.6 is 0 Å². The van der Waals surface area contributed by atoms with Crippen LogP contribution in [-0.2, 0) is 4.74 Å². The van der Waals surface area contributed by atoms with E-state index in [1.54, 1.807) is 35.2 Å². The molecule has 7 heteroatoms. The molecule has 2 saturated heterocycles. The van der Waals surface area contributed by atoms with Gasteiger partial charge in [0.05, 0.1) is 11.6 Å². The second kappa shape index (κ2) is 4.99. The number of hydrogen-bond acceptors (Lipinski definition) is 5. The SMILES string of the molecule is CNc1ncccc1C(=O)N1CCN2C(=O)OC[C@@H]2C1. The number of carbonyl (C=O) groups excluding carboxylic acids is 2. The topological polar surface area (TPSA) is 74.8 Å². The highest BCUT2D eigenvalue weighted by atomic mass is 16.6. The molecular formula is C13H16N4O3. The number of cyclic esters (lactones) is 1. The number of piperazine rings is 1. The molecule has 0 unspecified atom stereocenters. The fraction of sp³-hybridized carbons (Fsp3) is 0.462. The summed E-state index contributed by atoms with van der Waals surface area (Å²) in [6, 6.07) is 3.46. The van der Waals surface area contributed by atoms with E-state index in [4.69, 9.17) is 4.74 Å². The molecule has 0 spiro atoms. The van der Waals surface area contributed by atoms with Crippen LogP contribution in [0.5, 0.6) is 0 Å². The number of nitrogens with zero attached hydrogens (tertiary/aromatic N) is 3. The summed E-state index contributed by atoms with van der Waals surface area (Å²) >= 11 is 0. The Bertz CT molecular complexity index is 548. The molecular weight excluding hydrogens is 260 g/mol. The third-order valence-electron chi connectivity index (χ3n) is 3.68. The van der Waals surface area contributed by atoms with Gasteiger partial charge < -0.3 is 15.0 Å². The van der Waals surface area contributed by atoms with Gasteiger partial charge in [0.1, 0.15) is 12.4 Å². The number of carbonyl (C=O) groups is 2. The van der Waals surface area contributed by atoms with Gasteiger partial charge >= 0.3 is 6.09 Å². The molecule has 7 nitrogen and oxygen atoms in total. The summed E-state index contributed by atoms with van der Waals surface area (Å²) in [6.45, 7) is 1.89. The molecule has 20 heavy (non-hydrogen) atoms. The molecule has 0 radical (unpaired) electrons. The normalized spacial score (nSPS) is 21.4. The first kappa shape index (κ1) is 12.7. The Balaban J connectivity index is 1.77. The summed E-state index contributed by atoms with van der Waals surface area (Å²) in [5, 5.41) is 2.92. The Hall–Kier alpha value is -2.31. The summed E-state index contributed by atoms with van der Waals surface area (Å²) in [7, 11) is 1.74. The Kier molecular flexibility index (Phi) is 3.17. The van der Waals surface area contributed by atoms with E-state index in [1.807, 2.05) is 0 Å². The molecule has 0 saturated carbocycles. The predicted octanol–water partition coefficient (Wildman–Crippen LogP) is 0.400. The summed E-state index contributed by atoms with van der Waals surface area (Å²) in [5.41, 5.74) is 0.550. The molecule has 2 aliphatic heterocycles. The lowest BCUT2D eigenvalue weighted by molar-refractivity contribution is 0.0617. The maximum absolute atomic E-state index is 12.6. The summed E-state index contributed by atoms with van der Waals surface area (Å²) < 4.78 is 5.00. The highest BCUT2D eigenvalue weighted by Crippen LogP contribution is 2.21. The molecule has 1 aromatic rings. The zero-order valence-corrected chi connectivity index (χ0v) is 11.2. The minimum absolute atomic E-state index is 0.0325. The number of fused-ring (bicyclic) bond motifs is 1. The van der Waals surface area contributed by atoms with Crippen LogP contribution in [0, 0.1) is 0 Å². The molecule has 2 fully saturated rings. The highest BCUT2D eigenvalue weighted by Gasteiger charge is 2.39. The quantitative estimate of drug-likeness (QED) is 0.846. The first-order valence-electron chi connectivity index (χ1n) is 6.56. The molecule has 2 aliphatic rings. The fourth-order valence-corrected chi connectivity index (χ4v) is 2.62. The van der Waals surface area contributed by atoms with E-state index in [-0.39, 0.29) is 18.0 Å². The molecule has 1 aromatic heterocycles. The van der Waals surface area contributed by atoms with E-state index in [0.717, 1.165) is 0 Å². The number of aromatic nitrogens is 1. The van der Waals surface area contributed by atoms with Gasteiger partial charge in [-0.05, 0) is 12.1 Å². The van der Waals surface area contributed by atoms with Gasteiger partial charge in [0.25, 0.3) is 5.91 Å². The van der Waals surface area contributed by atoms with Crippen LogP contribution in [0.4, 0.5) is 10.6 Å². The smallest absolute Gasteiger partial charge is 0.410 e. The van der Waals surface area contributed by atoms with Crippen LogP contribution in [0.1, 0.15) is 10.4 Å². The summed E-state index contributed by atoms with van der Waals surface area (Å²) in [5.74, 6) is 0.500. The summed E-state index contributed by atoms with van der Waals surface area (Å²) in [6.07, 6.45) is 1.36. The van der Waals surface area contributed by atoms with E-state index in [1.165, 1.54) is 0 Å². The average Bonchev–Trinajstić information content (AvgIpc) is 2.87. The second-order valence-electron chi connectivity index (χ2n) is 4.82. The number of pyridine rings is 1. The molecule has 0 aliphatic carbocycles. The van der Waals surface area contributed by atoms with Crippen LogP contribution in [0.25, 0.3) is 0 Å². The zero-order chi connectivity index (χ0) is 14.1. The Morgan fingerprint density at radius 3 is 3.15 bits per heavy atom. The van der Waals surface area contributed by atoms with Gasteiger partial charge in [-0.2, -0.15) is 0 Å². The van der Waals surface area contributed by atoms with Gasteiger partial charge in [0, 0.05) is 32.9 Å². The van der Waals surface area contributed by atoms with Crippen molar-refractivity contribution in [1.82, 2.24) is 14.8 Å². The van der Waals surface area contributed by atoms with Gasteiger partial charge in [0.15, 0.2) is 0 Å². The third-order valence-corrected chi connectivity index (χ3v) is 3.68. The molecule has 0 aromatic carbocycles. The lowest BCUT2D eigenvalue weighted by Crippen LogP contribution is -2.53. The third kappa shape index (κ3) is 2.04. The van der Waals surface area contributed by atoms with Crippen LogP contribution in [0.15, 0.2) is 18.3 Å². The maximum atomic E-state index is 12.6. The monoisotopic (exact) mass is 276 g/mol. The fourth-order valence-electron chi connectivity index (χ4n) is 2.62. The van der Waals surface area contributed by atoms with Crippen molar-refractivity contribution in [3.05, 3.63) is 23.9 Å². The Morgan fingerprint density at radius 2 is 2.35 bits per heavy atom. The lowest BCUT2D eigenvalue weighted by Gasteiger charge is -2.35. The van der Waals surface area contributed by atoms with Crippen molar-refractivity contribution >= 4 is 17.8 Å². The largest absolute Gasteiger partial charge is 0.447 e. The van der Waals surface area contributed by atoms with Crippen LogP contribution < -0.4 is 5.32 Å².